The molecule has 0 saturated heterocycles. The van der Waals surface area contributed by atoms with Gasteiger partial charge in [0.2, 0.25) is 5.78 Å². The van der Waals surface area contributed by atoms with Crippen LogP contribution in [0.15, 0.2) is 35.5 Å². The topological polar surface area (TPSA) is 50.5 Å². The molecule has 1 aromatic carbocycles. The van der Waals surface area contributed by atoms with Gasteiger partial charge in [-0.2, -0.15) is 0 Å². The van der Waals surface area contributed by atoms with Gasteiger partial charge in [0.05, 0.1) is 12.5 Å². The summed E-state index contributed by atoms with van der Waals surface area (Å²) in [5, 5.41) is 0.595. The van der Waals surface area contributed by atoms with Crippen LogP contribution in [-0.4, -0.2) is 40.7 Å². The number of ketones is 1. The Morgan fingerprint density at radius 1 is 1.35 bits per heavy atom. The number of imidazole rings is 1. The predicted octanol–water partition coefficient (Wildman–Crippen LogP) is 2.53. The van der Waals surface area contributed by atoms with Crippen molar-refractivity contribution in [1.82, 2.24) is 14.5 Å². The van der Waals surface area contributed by atoms with E-state index in [0.29, 0.717) is 22.2 Å². The number of carbonyl (C=O) groups is 1. The molecule has 0 N–H and O–H groups in total. The van der Waals surface area contributed by atoms with E-state index in [0.717, 1.165) is 0 Å². The van der Waals surface area contributed by atoms with E-state index < -0.39 is 0 Å². The molecule has 1 aromatic heterocycles. The zero-order valence-electron chi connectivity index (χ0n) is 11.5. The van der Waals surface area contributed by atoms with E-state index in [1.165, 1.54) is 0 Å². The number of nitrogens with zero attached hydrogens (tertiary/aromatic N) is 4. The van der Waals surface area contributed by atoms with Crippen LogP contribution in [0.4, 0.5) is 5.82 Å². The Bertz CT molecular complexity index is 644. The number of aliphatic imine (C=N–C) groups is 1. The molecule has 0 unspecified atom stereocenters. The lowest BCUT2D eigenvalue weighted by Gasteiger charge is -2.04. The quantitative estimate of drug-likeness (QED) is 0.494. The van der Waals surface area contributed by atoms with Gasteiger partial charge in [0, 0.05) is 31.7 Å². The molecule has 6 heteroatoms. The van der Waals surface area contributed by atoms with Crippen molar-refractivity contribution in [2.45, 2.75) is 0 Å². The molecule has 0 aliphatic heterocycles. The van der Waals surface area contributed by atoms with Crippen LogP contribution in [0.3, 0.4) is 0 Å². The lowest BCUT2D eigenvalue weighted by Crippen LogP contribution is -2.09. The number of benzene rings is 1. The van der Waals surface area contributed by atoms with Crippen molar-refractivity contribution < 1.29 is 4.79 Å². The van der Waals surface area contributed by atoms with Crippen molar-refractivity contribution in [3.05, 3.63) is 46.9 Å². The minimum absolute atomic E-state index is 0.157. The summed E-state index contributed by atoms with van der Waals surface area (Å²) in [6.45, 7) is 0. The van der Waals surface area contributed by atoms with E-state index in [9.17, 15) is 4.79 Å². The molecule has 0 fully saturated rings. The van der Waals surface area contributed by atoms with Crippen LogP contribution in [0.1, 0.15) is 16.2 Å². The molecule has 0 saturated carbocycles. The fourth-order valence-corrected chi connectivity index (χ4v) is 1.76. The van der Waals surface area contributed by atoms with Crippen molar-refractivity contribution in [2.24, 2.45) is 12.0 Å². The Morgan fingerprint density at radius 2 is 2.00 bits per heavy atom. The normalized spacial score (nSPS) is 11.0. The van der Waals surface area contributed by atoms with Gasteiger partial charge in [0.15, 0.2) is 11.6 Å². The summed E-state index contributed by atoms with van der Waals surface area (Å²) < 4.78 is 1.66. The Morgan fingerprint density at radius 3 is 2.60 bits per heavy atom. The van der Waals surface area contributed by atoms with Crippen molar-refractivity contribution in [2.75, 3.05) is 14.1 Å². The summed E-state index contributed by atoms with van der Waals surface area (Å²) in [7, 11) is 5.51. The maximum absolute atomic E-state index is 12.3. The van der Waals surface area contributed by atoms with Crippen molar-refractivity contribution in [3.8, 4) is 0 Å². The first kappa shape index (κ1) is 14.3. The number of hydrogen-bond acceptors (Lipinski definition) is 3. The van der Waals surface area contributed by atoms with E-state index in [1.807, 2.05) is 19.0 Å². The molecule has 0 bridgehead atoms. The highest BCUT2D eigenvalue weighted by atomic mass is 35.5. The van der Waals surface area contributed by atoms with Crippen LogP contribution in [-0.2, 0) is 7.05 Å². The molecule has 5 nitrogen and oxygen atoms in total. The monoisotopic (exact) mass is 290 g/mol. The van der Waals surface area contributed by atoms with Gasteiger partial charge in [0.1, 0.15) is 0 Å². The lowest BCUT2D eigenvalue weighted by molar-refractivity contribution is 0.102. The minimum atomic E-state index is -0.157. The smallest absolute Gasteiger partial charge is 0.228 e. The number of rotatable bonds is 4. The summed E-state index contributed by atoms with van der Waals surface area (Å²) in [5.74, 6) is 0.810. The molecule has 0 radical (unpaired) electrons. The van der Waals surface area contributed by atoms with Crippen molar-refractivity contribution in [3.63, 3.8) is 0 Å². The summed E-state index contributed by atoms with van der Waals surface area (Å²) in [5.41, 5.74) is 0.547. The Kier molecular flexibility index (Phi) is 4.20. The van der Waals surface area contributed by atoms with Gasteiger partial charge in [-0.25, -0.2) is 9.98 Å². The molecule has 2 rings (SSSR count). The Labute approximate surface area is 122 Å². The molecule has 104 valence electrons. The number of hydrogen-bond donors (Lipinski definition) is 0. The van der Waals surface area contributed by atoms with Crippen LogP contribution < -0.4 is 0 Å². The van der Waals surface area contributed by atoms with Crippen LogP contribution in [0.25, 0.3) is 0 Å². The van der Waals surface area contributed by atoms with E-state index >= 15 is 0 Å². The third-order valence-corrected chi connectivity index (χ3v) is 2.95. The van der Waals surface area contributed by atoms with Gasteiger partial charge in [-0.05, 0) is 24.3 Å². The maximum Gasteiger partial charge on any atom is 0.228 e. The molecule has 0 spiro atoms. The summed E-state index contributed by atoms with van der Waals surface area (Å²) in [6.07, 6.45) is 3.23. The molecule has 2 aromatic rings. The van der Waals surface area contributed by atoms with Crippen molar-refractivity contribution in [1.29, 1.82) is 0 Å². The largest absolute Gasteiger partial charge is 0.369 e. The van der Waals surface area contributed by atoms with Crippen LogP contribution in [0.2, 0.25) is 5.02 Å². The first-order valence-electron chi connectivity index (χ1n) is 6.01. The lowest BCUT2D eigenvalue weighted by atomic mass is 10.1. The van der Waals surface area contributed by atoms with Crippen LogP contribution >= 0.6 is 11.6 Å². The molecule has 0 aliphatic rings. The van der Waals surface area contributed by atoms with E-state index in [1.54, 1.807) is 48.4 Å². The summed E-state index contributed by atoms with van der Waals surface area (Å²) in [4.78, 5) is 22.5. The zero-order chi connectivity index (χ0) is 14.7. The van der Waals surface area contributed by atoms with E-state index in [-0.39, 0.29) is 5.78 Å². The summed E-state index contributed by atoms with van der Waals surface area (Å²) in [6, 6.07) is 6.73. The molecule has 0 atom stereocenters. The second-order valence-corrected chi connectivity index (χ2v) is 4.98. The minimum Gasteiger partial charge on any atom is -0.369 e. The Hall–Kier alpha value is -2.14. The Balaban J connectivity index is 2.29. The van der Waals surface area contributed by atoms with E-state index in [2.05, 4.69) is 9.98 Å². The second kappa shape index (κ2) is 5.88. The van der Waals surface area contributed by atoms with E-state index in [4.69, 9.17) is 11.6 Å². The first-order chi connectivity index (χ1) is 9.49. The highest BCUT2D eigenvalue weighted by Crippen LogP contribution is 2.17. The average molecular weight is 291 g/mol. The van der Waals surface area contributed by atoms with Gasteiger partial charge in [-0.15, -0.1) is 0 Å². The fraction of sp³-hybridized carbons (Fsp3) is 0.214. The molecule has 20 heavy (non-hydrogen) atoms. The molecule has 0 aliphatic carbocycles. The summed E-state index contributed by atoms with van der Waals surface area (Å²) >= 11 is 5.81. The highest BCUT2D eigenvalue weighted by molar-refractivity contribution is 6.30. The van der Waals surface area contributed by atoms with Crippen molar-refractivity contribution >= 4 is 29.5 Å². The molecular formula is C14H15ClN4O. The van der Waals surface area contributed by atoms with Gasteiger partial charge >= 0.3 is 0 Å². The third-order valence-electron chi connectivity index (χ3n) is 2.69. The third kappa shape index (κ3) is 3.05. The number of halogens is 1. The predicted molar refractivity (Wildman–Crippen MR) is 79.9 cm³/mol. The first-order valence-corrected chi connectivity index (χ1v) is 6.39. The highest BCUT2D eigenvalue weighted by Gasteiger charge is 2.16. The van der Waals surface area contributed by atoms with Gasteiger partial charge < -0.3 is 9.47 Å². The molecular weight excluding hydrogens is 276 g/mol. The number of aromatic nitrogens is 2. The van der Waals surface area contributed by atoms with Gasteiger partial charge in [-0.3, -0.25) is 4.79 Å². The average Bonchev–Trinajstić information content (AvgIpc) is 2.78. The molecule has 0 amide bonds. The molecule has 1 heterocycles. The fourth-order valence-electron chi connectivity index (χ4n) is 1.64. The number of carbonyl (C=O) groups excluding carboxylic acids is 1. The second-order valence-electron chi connectivity index (χ2n) is 4.54. The standard InChI is InChI=1S/C14H15ClN4O/c1-18(2)9-17-12-8-16-14(19(12)3)13(20)10-4-6-11(15)7-5-10/h4-9H,1-3H3/b17-9+. The van der Waals surface area contributed by atoms with Crippen LogP contribution in [0, 0.1) is 0 Å². The zero-order valence-corrected chi connectivity index (χ0v) is 12.3. The maximum atomic E-state index is 12.3. The van der Waals surface area contributed by atoms with Gasteiger partial charge in [-0.1, -0.05) is 11.6 Å². The SMILES string of the molecule is CN(C)/C=N/c1cnc(C(=O)c2ccc(Cl)cc2)n1C. The van der Waals surface area contributed by atoms with Gasteiger partial charge in [0.25, 0.3) is 0 Å². The van der Waals surface area contributed by atoms with Crippen LogP contribution in [0.5, 0.6) is 0 Å².